The fourth-order valence-electron chi connectivity index (χ4n) is 11.7. The molecule has 3 N–H and O–H groups in total. The van der Waals surface area contributed by atoms with Crippen LogP contribution in [0, 0.1) is 5.92 Å². The van der Waals surface area contributed by atoms with E-state index in [4.69, 9.17) is 37.0 Å². The van der Waals surface area contributed by atoms with Crippen molar-refractivity contribution >= 4 is 39.5 Å². The Morgan fingerprint density at radius 3 is 0.837 bits per heavy atom. The Morgan fingerprint density at radius 2 is 0.551 bits per heavy atom. The molecule has 578 valence electrons. The van der Waals surface area contributed by atoms with Crippen LogP contribution in [-0.4, -0.2) is 96.7 Å². The number of hydrogen-bond acceptors (Lipinski definition) is 15. The van der Waals surface area contributed by atoms with Gasteiger partial charge in [0.25, 0.3) is 0 Å². The standard InChI is InChI=1S/C79H150O17P2/c1-6-9-12-15-18-21-24-26-28-30-33-38-43-48-53-58-63-77(82)90-69-75(96-79(84)65-60-55-50-45-40-35-31-32-37-41-46-51-56-61-72(4)5)71-94-98(87,88)92-67-73(80)66-91-97(85,86)93-70-74(68-89-76(81)62-57-52-47-42-36-23-20-17-14-11-8-3)95-78(83)64-59-54-49-44-39-34-29-27-25-22-19-16-13-10-7-2/h22,25,27,29,72-75,80H,6-21,23-24,26,28,30-71H2,1-5H3,(H,85,86)(H,87,88)/b25-22-,29-27-/t73-,74+,75+/m0/s1. The smallest absolute Gasteiger partial charge is 0.462 e. The minimum absolute atomic E-state index is 0.0856. The molecule has 0 aliphatic rings. The highest BCUT2D eigenvalue weighted by Gasteiger charge is 2.30. The second kappa shape index (κ2) is 71.5. The molecular formula is C79H150O17P2. The number of aliphatic hydroxyl groups excluding tert-OH is 1. The fourth-order valence-corrected chi connectivity index (χ4v) is 13.3. The van der Waals surface area contributed by atoms with Crippen molar-refractivity contribution < 1.29 is 80.2 Å². The highest BCUT2D eigenvalue weighted by Crippen LogP contribution is 2.45. The molecule has 0 aromatic heterocycles. The lowest BCUT2D eigenvalue weighted by Crippen LogP contribution is -2.30. The van der Waals surface area contributed by atoms with Crippen LogP contribution in [0.25, 0.3) is 0 Å². The van der Waals surface area contributed by atoms with E-state index in [0.29, 0.717) is 25.7 Å². The van der Waals surface area contributed by atoms with E-state index in [1.807, 2.05) is 0 Å². The average molecular weight is 1430 g/mol. The zero-order chi connectivity index (χ0) is 71.9. The molecule has 0 spiro atoms. The summed E-state index contributed by atoms with van der Waals surface area (Å²) in [6, 6.07) is 0. The van der Waals surface area contributed by atoms with Crippen LogP contribution in [-0.2, 0) is 65.4 Å². The summed E-state index contributed by atoms with van der Waals surface area (Å²) in [5.74, 6) is -1.35. The van der Waals surface area contributed by atoms with Gasteiger partial charge in [0.15, 0.2) is 12.2 Å². The number of carbonyl (C=O) groups excluding carboxylic acids is 4. The number of allylic oxidation sites excluding steroid dienone is 4. The minimum atomic E-state index is -4.96. The molecule has 5 atom stereocenters. The summed E-state index contributed by atoms with van der Waals surface area (Å²) >= 11 is 0. The zero-order valence-electron chi connectivity index (χ0n) is 63.4. The predicted molar refractivity (Wildman–Crippen MR) is 400 cm³/mol. The summed E-state index contributed by atoms with van der Waals surface area (Å²) in [5.41, 5.74) is 0. The van der Waals surface area contributed by atoms with Gasteiger partial charge < -0.3 is 33.8 Å². The first kappa shape index (κ1) is 95.5. The van der Waals surface area contributed by atoms with E-state index in [1.54, 1.807) is 0 Å². The molecule has 0 saturated heterocycles. The van der Waals surface area contributed by atoms with Gasteiger partial charge in [-0.15, -0.1) is 0 Å². The Hall–Kier alpha value is -2.46. The quantitative estimate of drug-likeness (QED) is 0.0169. The van der Waals surface area contributed by atoms with Crippen molar-refractivity contribution in [1.29, 1.82) is 0 Å². The lowest BCUT2D eigenvalue weighted by molar-refractivity contribution is -0.161. The van der Waals surface area contributed by atoms with Gasteiger partial charge in [-0.1, -0.05) is 341 Å². The molecule has 0 aliphatic carbocycles. The first-order valence-electron chi connectivity index (χ1n) is 40.5. The van der Waals surface area contributed by atoms with Crippen molar-refractivity contribution in [3.05, 3.63) is 24.3 Å². The number of carbonyl (C=O) groups is 4. The van der Waals surface area contributed by atoms with Gasteiger partial charge in [-0.25, -0.2) is 9.13 Å². The molecule has 0 radical (unpaired) electrons. The maximum Gasteiger partial charge on any atom is 0.472 e. The molecule has 0 bridgehead atoms. The summed E-state index contributed by atoms with van der Waals surface area (Å²) in [7, 11) is -9.93. The largest absolute Gasteiger partial charge is 0.472 e. The summed E-state index contributed by atoms with van der Waals surface area (Å²) < 4.78 is 68.6. The van der Waals surface area contributed by atoms with Gasteiger partial charge in [0.05, 0.1) is 26.4 Å². The van der Waals surface area contributed by atoms with Gasteiger partial charge in [0, 0.05) is 25.7 Å². The molecule has 17 nitrogen and oxygen atoms in total. The Labute approximate surface area is 599 Å². The van der Waals surface area contributed by atoms with E-state index in [9.17, 15) is 43.2 Å². The van der Waals surface area contributed by atoms with E-state index < -0.39 is 97.5 Å². The molecule has 19 heteroatoms. The van der Waals surface area contributed by atoms with Crippen molar-refractivity contribution in [2.24, 2.45) is 5.92 Å². The Bertz CT molecular complexity index is 1970. The van der Waals surface area contributed by atoms with Crippen molar-refractivity contribution in [3.63, 3.8) is 0 Å². The summed E-state index contributed by atoms with van der Waals surface area (Å²) in [6.07, 6.45) is 64.5. The lowest BCUT2D eigenvalue weighted by atomic mass is 10.0. The normalized spacial score (nSPS) is 14.1. The van der Waals surface area contributed by atoms with Crippen LogP contribution in [0.4, 0.5) is 0 Å². The third kappa shape index (κ3) is 71.9. The van der Waals surface area contributed by atoms with Crippen molar-refractivity contribution in [2.45, 2.75) is 412 Å². The van der Waals surface area contributed by atoms with E-state index in [0.717, 1.165) is 109 Å². The van der Waals surface area contributed by atoms with E-state index in [2.05, 4.69) is 58.9 Å². The molecule has 0 fully saturated rings. The first-order chi connectivity index (χ1) is 47.5. The topological polar surface area (TPSA) is 237 Å². The molecule has 2 unspecified atom stereocenters. The van der Waals surface area contributed by atoms with Crippen LogP contribution < -0.4 is 0 Å². The highest BCUT2D eigenvalue weighted by atomic mass is 31.2. The number of rotatable bonds is 77. The third-order valence-electron chi connectivity index (χ3n) is 17.9. The van der Waals surface area contributed by atoms with E-state index >= 15 is 0 Å². The van der Waals surface area contributed by atoms with Gasteiger partial charge in [-0.2, -0.15) is 0 Å². The average Bonchev–Trinajstić information content (AvgIpc) is 1.09. The van der Waals surface area contributed by atoms with Crippen LogP contribution in [0.1, 0.15) is 394 Å². The van der Waals surface area contributed by atoms with Gasteiger partial charge >= 0.3 is 39.5 Å². The van der Waals surface area contributed by atoms with Crippen LogP contribution in [0.2, 0.25) is 0 Å². The Balaban J connectivity index is 5.29. The molecule has 0 saturated carbocycles. The SMILES string of the molecule is CCCCCC/C=C\C=C/CCCCCCCC(=O)O[C@H](COC(=O)CCCCCCCCCCCCC)COP(=O)(O)OC[C@H](O)COP(=O)(O)OC[C@@H](COC(=O)CCCCCCCCCCCCCCCCCC)OC(=O)CCCCCCCCCCCCCCCC(C)C. The maximum absolute atomic E-state index is 13.1. The van der Waals surface area contributed by atoms with Crippen molar-refractivity contribution in [3.8, 4) is 0 Å². The van der Waals surface area contributed by atoms with Gasteiger partial charge in [0.2, 0.25) is 0 Å². The number of phosphoric acid groups is 2. The fraction of sp³-hybridized carbons (Fsp3) is 0.899. The molecular weight excluding hydrogens is 1280 g/mol. The summed E-state index contributed by atoms with van der Waals surface area (Å²) in [5, 5.41) is 10.6. The van der Waals surface area contributed by atoms with Crippen LogP contribution in [0.5, 0.6) is 0 Å². The molecule has 0 amide bonds. The monoisotopic (exact) mass is 1430 g/mol. The van der Waals surface area contributed by atoms with Crippen LogP contribution >= 0.6 is 15.6 Å². The number of esters is 4. The molecule has 98 heavy (non-hydrogen) atoms. The molecule has 0 aromatic carbocycles. The molecule has 0 rings (SSSR count). The first-order valence-corrected chi connectivity index (χ1v) is 43.4. The van der Waals surface area contributed by atoms with Crippen molar-refractivity contribution in [2.75, 3.05) is 39.6 Å². The number of phosphoric ester groups is 2. The molecule has 0 aromatic rings. The van der Waals surface area contributed by atoms with Gasteiger partial charge in [0.1, 0.15) is 19.3 Å². The van der Waals surface area contributed by atoms with E-state index in [1.165, 1.54) is 205 Å². The van der Waals surface area contributed by atoms with Crippen molar-refractivity contribution in [1.82, 2.24) is 0 Å². The number of ether oxygens (including phenoxy) is 4. The minimum Gasteiger partial charge on any atom is -0.462 e. The third-order valence-corrected chi connectivity index (χ3v) is 19.8. The second-order valence-electron chi connectivity index (χ2n) is 28.2. The van der Waals surface area contributed by atoms with Gasteiger partial charge in [-0.05, 0) is 57.3 Å². The Kier molecular flexibility index (Phi) is 69.7. The zero-order valence-corrected chi connectivity index (χ0v) is 65.2. The number of unbranched alkanes of at least 4 members (excludes halogenated alkanes) is 46. The second-order valence-corrected chi connectivity index (χ2v) is 31.2. The summed E-state index contributed by atoms with van der Waals surface area (Å²) in [4.78, 5) is 72.9. The predicted octanol–water partition coefficient (Wildman–Crippen LogP) is 23.2. The maximum atomic E-state index is 13.1. The van der Waals surface area contributed by atoms with Crippen LogP contribution in [0.3, 0.4) is 0 Å². The van der Waals surface area contributed by atoms with Gasteiger partial charge in [-0.3, -0.25) is 37.3 Å². The Morgan fingerprint density at radius 1 is 0.316 bits per heavy atom. The molecule has 0 aliphatic heterocycles. The number of hydrogen-bond donors (Lipinski definition) is 3. The molecule has 0 heterocycles. The lowest BCUT2D eigenvalue weighted by Gasteiger charge is -2.21. The van der Waals surface area contributed by atoms with E-state index in [-0.39, 0.29) is 25.7 Å². The van der Waals surface area contributed by atoms with Crippen LogP contribution in [0.15, 0.2) is 24.3 Å². The number of aliphatic hydroxyl groups is 1. The summed E-state index contributed by atoms with van der Waals surface area (Å²) in [6.45, 7) is 7.27. The highest BCUT2D eigenvalue weighted by molar-refractivity contribution is 7.47.